The number of nitrogens with one attached hydrogen (secondary N) is 1. The van der Waals surface area contributed by atoms with Crippen LogP contribution in [0, 0.1) is 14.4 Å². The Labute approximate surface area is 227 Å². The van der Waals surface area contributed by atoms with E-state index in [1.54, 1.807) is 18.5 Å². The van der Waals surface area contributed by atoms with Gasteiger partial charge in [-0.05, 0) is 44.0 Å². The van der Waals surface area contributed by atoms with E-state index in [4.69, 9.17) is 11.6 Å². The molecular weight excluding hydrogens is 421 g/mol. The van der Waals surface area contributed by atoms with E-state index in [0.717, 1.165) is 28.1 Å². The van der Waals surface area contributed by atoms with E-state index in [1.165, 1.54) is 0 Å². The van der Waals surface area contributed by atoms with Gasteiger partial charge in [-0.2, -0.15) is 6.07 Å². The fraction of sp³-hybridized carbons (Fsp3) is 0.167. The molecule has 30 heavy (non-hydrogen) atoms. The van der Waals surface area contributed by atoms with Gasteiger partial charge >= 0.3 is 51.4 Å². The van der Waals surface area contributed by atoms with Crippen molar-refractivity contribution >= 4 is 40.7 Å². The number of allylic oxidation sites excluding steroid dienone is 2. The Hall–Kier alpha value is -1.34. The summed E-state index contributed by atoms with van der Waals surface area (Å²) in [5.74, 6) is 0.625. The van der Waals surface area contributed by atoms with Crippen molar-refractivity contribution in [1.29, 1.82) is 0 Å². The second-order valence-electron chi connectivity index (χ2n) is 6.25. The number of amidine groups is 1. The SMILES string of the molecule is C/C=C\N=C(Nc1ccc([C-]=O)c(C)c1)C(C)=N/C=C(\C)c1ccc(Cl)cc1.[CH3-].[K+]. The Bertz CT molecular complexity index is 961. The van der Waals surface area contributed by atoms with E-state index in [9.17, 15) is 4.79 Å². The molecule has 0 aliphatic carbocycles. The molecular formula is C24H26ClKN3O-. The van der Waals surface area contributed by atoms with Crippen LogP contribution in [-0.2, 0) is 4.79 Å². The van der Waals surface area contributed by atoms with Crippen molar-refractivity contribution in [1.82, 2.24) is 0 Å². The van der Waals surface area contributed by atoms with Gasteiger partial charge in [-0.15, -0.1) is 11.1 Å². The van der Waals surface area contributed by atoms with Crippen molar-refractivity contribution in [3.05, 3.63) is 90.1 Å². The summed E-state index contributed by atoms with van der Waals surface area (Å²) in [5.41, 5.74) is 5.02. The molecule has 0 bridgehead atoms. The van der Waals surface area contributed by atoms with Crippen LogP contribution in [0.15, 0.2) is 70.9 Å². The fourth-order valence-electron chi connectivity index (χ4n) is 2.40. The monoisotopic (exact) mass is 446 g/mol. The van der Waals surface area contributed by atoms with Gasteiger partial charge in [0.2, 0.25) is 0 Å². The molecule has 6 heteroatoms. The number of benzene rings is 2. The molecule has 2 rings (SSSR count). The van der Waals surface area contributed by atoms with Gasteiger partial charge in [-0.1, -0.05) is 48.9 Å². The van der Waals surface area contributed by atoms with Crippen molar-refractivity contribution < 1.29 is 56.2 Å². The van der Waals surface area contributed by atoms with Gasteiger partial charge in [0.05, 0.1) is 12.0 Å². The first-order chi connectivity index (χ1) is 13.4. The third-order valence-electron chi connectivity index (χ3n) is 4.05. The summed E-state index contributed by atoms with van der Waals surface area (Å²) >= 11 is 5.94. The molecule has 0 saturated heterocycles. The molecule has 0 amide bonds. The molecule has 0 saturated carbocycles. The maximum Gasteiger partial charge on any atom is 1.00 e. The maximum atomic E-state index is 10.9. The Morgan fingerprint density at radius 1 is 1.10 bits per heavy atom. The number of hydrogen-bond acceptors (Lipinski definition) is 3. The van der Waals surface area contributed by atoms with Crippen LogP contribution in [0.5, 0.6) is 0 Å². The number of aryl methyl sites for hydroxylation is 1. The summed E-state index contributed by atoms with van der Waals surface area (Å²) < 4.78 is 0. The number of aliphatic imine (C=N–C) groups is 2. The van der Waals surface area contributed by atoms with Crippen LogP contribution < -0.4 is 56.7 Å². The molecule has 0 heterocycles. The minimum absolute atomic E-state index is 0. The Balaban J connectivity index is 0.00000420. The summed E-state index contributed by atoms with van der Waals surface area (Å²) in [6.45, 7) is 7.65. The molecule has 0 aliphatic heterocycles. The Morgan fingerprint density at radius 3 is 2.33 bits per heavy atom. The van der Waals surface area contributed by atoms with Crippen molar-refractivity contribution in [2.24, 2.45) is 9.98 Å². The molecule has 0 aromatic heterocycles. The van der Waals surface area contributed by atoms with Crippen molar-refractivity contribution in [2.75, 3.05) is 5.32 Å². The molecule has 152 valence electrons. The summed E-state index contributed by atoms with van der Waals surface area (Å²) in [4.78, 5) is 19.9. The zero-order valence-corrected chi connectivity index (χ0v) is 22.3. The smallest absolute Gasteiger partial charge is 0.376 e. The molecule has 2 aromatic rings. The van der Waals surface area contributed by atoms with Crippen LogP contribution in [0.3, 0.4) is 0 Å². The van der Waals surface area contributed by atoms with E-state index in [2.05, 4.69) is 15.3 Å². The van der Waals surface area contributed by atoms with Gasteiger partial charge in [-0.25, -0.2) is 4.99 Å². The zero-order chi connectivity index (χ0) is 20.5. The van der Waals surface area contributed by atoms with Gasteiger partial charge in [0.25, 0.3) is 0 Å². The van der Waals surface area contributed by atoms with E-state index in [-0.39, 0.29) is 58.8 Å². The van der Waals surface area contributed by atoms with Crippen molar-refractivity contribution in [2.45, 2.75) is 27.7 Å². The second kappa shape index (κ2) is 14.6. The topological polar surface area (TPSA) is 53.8 Å². The predicted octanol–water partition coefficient (Wildman–Crippen LogP) is 3.43. The van der Waals surface area contributed by atoms with Crippen LogP contribution >= 0.6 is 11.6 Å². The molecule has 2 aromatic carbocycles. The molecule has 0 fully saturated rings. The molecule has 0 atom stereocenters. The first-order valence-electron chi connectivity index (χ1n) is 8.87. The number of hydrogen-bond donors (Lipinski definition) is 1. The van der Waals surface area contributed by atoms with Crippen LogP contribution in [0.2, 0.25) is 5.02 Å². The van der Waals surface area contributed by atoms with E-state index in [1.807, 2.05) is 76.5 Å². The number of nitrogens with zero attached hydrogens (tertiary/aromatic N) is 2. The van der Waals surface area contributed by atoms with Crippen LogP contribution in [-0.4, -0.2) is 17.8 Å². The molecule has 4 nitrogen and oxygen atoms in total. The molecule has 0 unspecified atom stereocenters. The van der Waals surface area contributed by atoms with Gasteiger partial charge < -0.3 is 17.5 Å². The Morgan fingerprint density at radius 2 is 1.77 bits per heavy atom. The zero-order valence-electron chi connectivity index (χ0n) is 18.5. The molecule has 0 spiro atoms. The predicted molar refractivity (Wildman–Crippen MR) is 126 cm³/mol. The van der Waals surface area contributed by atoms with E-state index in [0.29, 0.717) is 16.4 Å². The van der Waals surface area contributed by atoms with Gasteiger partial charge in [0.1, 0.15) is 0 Å². The minimum atomic E-state index is 0. The third-order valence-corrected chi connectivity index (χ3v) is 4.30. The maximum absolute atomic E-state index is 10.9. The first kappa shape index (κ1) is 28.7. The summed E-state index contributed by atoms with van der Waals surface area (Å²) in [7, 11) is 0. The number of anilines is 1. The first-order valence-corrected chi connectivity index (χ1v) is 9.24. The summed E-state index contributed by atoms with van der Waals surface area (Å²) in [6, 6.07) is 13.1. The minimum Gasteiger partial charge on any atom is -0.376 e. The quantitative estimate of drug-likeness (QED) is 0.320. The molecule has 0 aliphatic rings. The number of halogens is 1. The standard InChI is InChI=1S/C23H23ClN3O.CH3.K/c1-5-12-25-23(27-22-11-8-20(15-28)16(2)13-22)18(4)26-14-17(3)19-6-9-21(24)10-7-19;;/h5-14H,1-4H3,(H,25,27);1H3;/q2*-1;+1/b12-5-,17-14+,26-18?;;. The second-order valence-corrected chi connectivity index (χ2v) is 6.69. The molecule has 0 radical (unpaired) electrons. The van der Waals surface area contributed by atoms with Gasteiger partial charge in [-0.3, -0.25) is 4.99 Å². The largest absolute Gasteiger partial charge is 1.00 e. The van der Waals surface area contributed by atoms with E-state index < -0.39 is 0 Å². The van der Waals surface area contributed by atoms with Crippen molar-refractivity contribution in [3.8, 4) is 0 Å². The van der Waals surface area contributed by atoms with E-state index >= 15 is 0 Å². The van der Waals surface area contributed by atoms with Gasteiger partial charge in [0.15, 0.2) is 5.84 Å². The Kier molecular flexibility index (Phi) is 14.0. The average Bonchev–Trinajstić information content (AvgIpc) is 2.69. The normalized spacial score (nSPS) is 12.2. The number of rotatable bonds is 6. The molecule has 1 N–H and O–H groups in total. The van der Waals surface area contributed by atoms with Crippen LogP contribution in [0.1, 0.15) is 37.5 Å². The number of carbonyl (C=O) groups excluding carboxylic acids is 1. The third kappa shape index (κ3) is 8.80. The van der Waals surface area contributed by atoms with Crippen LogP contribution in [0.25, 0.3) is 5.57 Å². The summed E-state index contributed by atoms with van der Waals surface area (Å²) in [5, 5.41) is 3.97. The fourth-order valence-corrected chi connectivity index (χ4v) is 2.53. The van der Waals surface area contributed by atoms with Gasteiger partial charge in [0, 0.05) is 23.1 Å². The van der Waals surface area contributed by atoms with Crippen molar-refractivity contribution in [3.63, 3.8) is 0 Å². The van der Waals surface area contributed by atoms with Crippen LogP contribution in [0.4, 0.5) is 5.69 Å². The summed E-state index contributed by atoms with van der Waals surface area (Å²) in [6.07, 6.45) is 7.28. The average molecular weight is 447 g/mol.